The summed E-state index contributed by atoms with van der Waals surface area (Å²) < 4.78 is 0. The Balaban J connectivity index is 2.60. The first-order valence-corrected chi connectivity index (χ1v) is 6.74. The van der Waals surface area contributed by atoms with E-state index in [2.05, 4.69) is 5.32 Å². The highest BCUT2D eigenvalue weighted by Crippen LogP contribution is 2.09. The van der Waals surface area contributed by atoms with Gasteiger partial charge >= 0.3 is 5.97 Å². The van der Waals surface area contributed by atoms with Crippen molar-refractivity contribution in [2.24, 2.45) is 0 Å². The summed E-state index contributed by atoms with van der Waals surface area (Å²) >= 11 is 5.72. The molecule has 0 saturated carbocycles. The molecule has 0 fully saturated rings. The van der Waals surface area contributed by atoms with Crippen LogP contribution in [0, 0.1) is 0 Å². The highest BCUT2D eigenvalue weighted by Gasteiger charge is 2.20. The molecule has 2 N–H and O–H groups in total. The van der Waals surface area contributed by atoms with Gasteiger partial charge in [0.15, 0.2) is 0 Å². The lowest BCUT2D eigenvalue weighted by Gasteiger charge is -2.24. The van der Waals surface area contributed by atoms with Gasteiger partial charge in [-0.15, -0.1) is 0 Å². The van der Waals surface area contributed by atoms with Crippen LogP contribution in [0.1, 0.15) is 24.2 Å². The van der Waals surface area contributed by atoms with Gasteiger partial charge in [0.2, 0.25) is 5.91 Å². The van der Waals surface area contributed by atoms with Crippen LogP contribution >= 0.6 is 11.6 Å². The fourth-order valence-corrected chi connectivity index (χ4v) is 1.79. The molecule has 1 rings (SSSR count). The van der Waals surface area contributed by atoms with Crippen LogP contribution in [0.15, 0.2) is 24.3 Å². The molecule has 0 radical (unpaired) electrons. The lowest BCUT2D eigenvalue weighted by molar-refractivity contribution is -0.145. The second-order valence-electron chi connectivity index (χ2n) is 4.70. The minimum atomic E-state index is -1.10. The molecule has 0 saturated heterocycles. The first kappa shape index (κ1) is 17.0. The summed E-state index contributed by atoms with van der Waals surface area (Å²) in [7, 11) is 0. The number of nitrogens with one attached hydrogen (secondary N) is 1. The number of aliphatic carboxylic acids is 1. The van der Waals surface area contributed by atoms with Gasteiger partial charge in [0.1, 0.15) is 6.54 Å². The van der Waals surface area contributed by atoms with Gasteiger partial charge in [-0.25, -0.2) is 0 Å². The number of carbonyl (C=O) groups is 3. The smallest absolute Gasteiger partial charge is 0.323 e. The van der Waals surface area contributed by atoms with E-state index in [1.165, 1.54) is 4.90 Å². The van der Waals surface area contributed by atoms with Crippen molar-refractivity contribution in [1.82, 2.24) is 10.2 Å². The maximum Gasteiger partial charge on any atom is 0.323 e. The third-order valence-corrected chi connectivity index (χ3v) is 3.01. The molecule has 114 valence electrons. The van der Waals surface area contributed by atoms with E-state index >= 15 is 0 Å². The number of hydrogen-bond acceptors (Lipinski definition) is 3. The van der Waals surface area contributed by atoms with E-state index in [9.17, 15) is 14.4 Å². The molecule has 1 aromatic carbocycles. The van der Waals surface area contributed by atoms with Gasteiger partial charge in [-0.3, -0.25) is 14.4 Å². The highest BCUT2D eigenvalue weighted by atomic mass is 35.5. The van der Waals surface area contributed by atoms with E-state index in [4.69, 9.17) is 16.7 Å². The van der Waals surface area contributed by atoms with Crippen molar-refractivity contribution in [3.8, 4) is 0 Å². The molecule has 7 heteroatoms. The molecule has 2 amide bonds. The molecule has 0 bridgehead atoms. The summed E-state index contributed by atoms with van der Waals surface area (Å²) in [6.07, 6.45) is 0. The molecular weight excluding hydrogens is 296 g/mol. The molecule has 0 aliphatic rings. The summed E-state index contributed by atoms with van der Waals surface area (Å²) in [5.41, 5.74) is 0.376. The lowest BCUT2D eigenvalue weighted by atomic mass is 10.2. The van der Waals surface area contributed by atoms with Crippen LogP contribution in [0.5, 0.6) is 0 Å². The van der Waals surface area contributed by atoms with E-state index in [0.717, 1.165) is 0 Å². The molecular formula is C14H17ClN2O4. The molecule has 0 unspecified atom stereocenters. The Bertz CT molecular complexity index is 528. The molecule has 6 nitrogen and oxygen atoms in total. The van der Waals surface area contributed by atoms with Crippen molar-refractivity contribution in [3.63, 3.8) is 0 Å². The van der Waals surface area contributed by atoms with Crippen LogP contribution in [0.2, 0.25) is 5.02 Å². The Kier molecular flexibility index (Phi) is 6.17. The first-order chi connectivity index (χ1) is 9.81. The van der Waals surface area contributed by atoms with Crippen LogP contribution in [0.25, 0.3) is 0 Å². The van der Waals surface area contributed by atoms with E-state index in [0.29, 0.717) is 10.6 Å². The molecule has 0 aromatic heterocycles. The van der Waals surface area contributed by atoms with Crippen molar-refractivity contribution in [2.45, 2.75) is 19.9 Å². The second kappa shape index (κ2) is 7.64. The van der Waals surface area contributed by atoms with Crippen molar-refractivity contribution >= 4 is 29.4 Å². The van der Waals surface area contributed by atoms with Crippen LogP contribution in [-0.4, -0.2) is 46.9 Å². The van der Waals surface area contributed by atoms with Crippen LogP contribution in [0.3, 0.4) is 0 Å². The predicted molar refractivity (Wildman–Crippen MR) is 78.3 cm³/mol. The monoisotopic (exact) mass is 312 g/mol. The van der Waals surface area contributed by atoms with Crippen molar-refractivity contribution in [3.05, 3.63) is 34.9 Å². The van der Waals surface area contributed by atoms with E-state index in [1.54, 1.807) is 38.1 Å². The lowest BCUT2D eigenvalue weighted by Crippen LogP contribution is -2.45. The normalized spacial score (nSPS) is 10.3. The number of nitrogens with zero attached hydrogens (tertiary/aromatic N) is 1. The molecule has 21 heavy (non-hydrogen) atoms. The van der Waals surface area contributed by atoms with Gasteiger partial charge in [0.25, 0.3) is 5.91 Å². The number of amides is 2. The molecule has 0 atom stereocenters. The van der Waals surface area contributed by atoms with Gasteiger partial charge < -0.3 is 15.3 Å². The zero-order valence-corrected chi connectivity index (χ0v) is 12.6. The Morgan fingerprint density at radius 1 is 1.24 bits per heavy atom. The molecule has 1 aromatic rings. The third-order valence-electron chi connectivity index (χ3n) is 2.76. The average molecular weight is 313 g/mol. The maximum atomic E-state index is 11.9. The third kappa shape index (κ3) is 5.43. The second-order valence-corrected chi connectivity index (χ2v) is 5.14. The minimum Gasteiger partial charge on any atom is -0.480 e. The summed E-state index contributed by atoms with van der Waals surface area (Å²) in [6, 6.07) is 5.96. The van der Waals surface area contributed by atoms with E-state index in [-0.39, 0.29) is 12.6 Å². The number of carboxylic acids is 1. The van der Waals surface area contributed by atoms with Gasteiger partial charge in [0, 0.05) is 16.6 Å². The largest absolute Gasteiger partial charge is 0.480 e. The van der Waals surface area contributed by atoms with Crippen molar-refractivity contribution in [1.29, 1.82) is 0 Å². The van der Waals surface area contributed by atoms with Crippen LogP contribution < -0.4 is 5.32 Å². The SMILES string of the molecule is CC(C)N(CC(=O)O)C(=O)CNC(=O)c1ccc(Cl)cc1. The predicted octanol–water partition coefficient (Wildman–Crippen LogP) is 1.39. The molecule has 0 aliphatic carbocycles. The average Bonchev–Trinajstić information content (AvgIpc) is 2.42. The molecule has 0 aliphatic heterocycles. The zero-order chi connectivity index (χ0) is 16.0. The quantitative estimate of drug-likeness (QED) is 0.831. The van der Waals surface area contributed by atoms with Gasteiger partial charge in [-0.2, -0.15) is 0 Å². The van der Waals surface area contributed by atoms with Crippen LogP contribution in [-0.2, 0) is 9.59 Å². The van der Waals surface area contributed by atoms with Gasteiger partial charge in [-0.1, -0.05) is 11.6 Å². The fraction of sp³-hybridized carbons (Fsp3) is 0.357. The number of carboxylic acid groups (broad SMARTS) is 1. The Morgan fingerprint density at radius 2 is 1.81 bits per heavy atom. The first-order valence-electron chi connectivity index (χ1n) is 6.36. The van der Waals surface area contributed by atoms with Crippen molar-refractivity contribution in [2.75, 3.05) is 13.1 Å². The standard InChI is InChI=1S/C14H17ClN2O4/c1-9(2)17(8-13(19)20)12(18)7-16-14(21)10-3-5-11(15)6-4-10/h3-6,9H,7-8H2,1-2H3,(H,16,21)(H,19,20). The van der Waals surface area contributed by atoms with Crippen LogP contribution in [0.4, 0.5) is 0 Å². The Labute approximate surface area is 127 Å². The number of halogens is 1. The topological polar surface area (TPSA) is 86.7 Å². The number of rotatable bonds is 6. The highest BCUT2D eigenvalue weighted by molar-refractivity contribution is 6.30. The summed E-state index contributed by atoms with van der Waals surface area (Å²) in [5, 5.41) is 11.7. The molecule has 0 heterocycles. The van der Waals surface area contributed by atoms with Gasteiger partial charge in [0.05, 0.1) is 6.54 Å². The Hall–Kier alpha value is -2.08. The number of hydrogen-bond donors (Lipinski definition) is 2. The van der Waals surface area contributed by atoms with E-state index in [1.807, 2.05) is 0 Å². The Morgan fingerprint density at radius 3 is 2.29 bits per heavy atom. The zero-order valence-electron chi connectivity index (χ0n) is 11.8. The summed E-state index contributed by atoms with van der Waals surface area (Å²) in [5.74, 6) is -1.96. The van der Waals surface area contributed by atoms with E-state index < -0.39 is 24.3 Å². The maximum absolute atomic E-state index is 11.9. The summed E-state index contributed by atoms with van der Waals surface area (Å²) in [6.45, 7) is 2.77. The summed E-state index contributed by atoms with van der Waals surface area (Å²) in [4.78, 5) is 35.7. The van der Waals surface area contributed by atoms with Crippen molar-refractivity contribution < 1.29 is 19.5 Å². The minimum absolute atomic E-state index is 0.257. The van der Waals surface area contributed by atoms with Gasteiger partial charge in [-0.05, 0) is 38.1 Å². The molecule has 0 spiro atoms. The number of benzene rings is 1. The number of carbonyl (C=O) groups excluding carboxylic acids is 2. The fourth-order valence-electron chi connectivity index (χ4n) is 1.67.